The molecule has 0 fully saturated rings. The number of hydrogen-bond acceptors (Lipinski definition) is 5. The molecule has 0 N–H and O–H groups in total. The van der Waals surface area contributed by atoms with Crippen molar-refractivity contribution in [3.8, 4) is 33.5 Å². The third kappa shape index (κ3) is 4.23. The van der Waals surface area contributed by atoms with Crippen molar-refractivity contribution < 1.29 is 18.4 Å². The molecule has 0 atom stereocenters. The van der Waals surface area contributed by atoms with E-state index in [0.29, 0.717) is 33.4 Å². The molecule has 2 amide bonds. The number of nitrogens with zero attached hydrogens (tertiary/aromatic N) is 5. The molecule has 7 rings (SSSR count). The standard InChI is InChI=1S/C33H21F2N5O2/c34-23-9-5-21(6-10-23)28-27(20-13-15-36-16-14-20)19-37-31-29(28)30(22-7-11-24(35)12-8-22)40(38-31)18-17-39-32(41)25-3-1-2-4-26(25)33(39)42/h1-16,19H,17-18H2. The van der Waals surface area contributed by atoms with Crippen LogP contribution in [0.1, 0.15) is 20.7 Å². The van der Waals surface area contributed by atoms with Crippen molar-refractivity contribution >= 4 is 22.8 Å². The van der Waals surface area contributed by atoms with Crippen LogP contribution in [-0.4, -0.2) is 43.0 Å². The minimum atomic E-state index is -0.394. The summed E-state index contributed by atoms with van der Waals surface area (Å²) in [5, 5.41) is 5.46. The molecule has 0 aliphatic carbocycles. The van der Waals surface area contributed by atoms with Crippen LogP contribution in [0.5, 0.6) is 0 Å². The number of benzene rings is 3. The number of aromatic nitrogens is 4. The third-order valence-corrected chi connectivity index (χ3v) is 7.42. The van der Waals surface area contributed by atoms with Crippen LogP contribution >= 0.6 is 0 Å². The van der Waals surface area contributed by atoms with E-state index in [0.717, 1.165) is 22.3 Å². The van der Waals surface area contributed by atoms with Gasteiger partial charge in [-0.2, -0.15) is 5.10 Å². The Morgan fingerprint density at radius 2 is 1.24 bits per heavy atom. The maximum atomic E-state index is 14.0. The van der Waals surface area contributed by atoms with Gasteiger partial charge in [0.2, 0.25) is 0 Å². The van der Waals surface area contributed by atoms with Gasteiger partial charge in [-0.3, -0.25) is 24.2 Å². The molecule has 0 saturated heterocycles. The highest BCUT2D eigenvalue weighted by Gasteiger charge is 2.35. The molecule has 6 aromatic rings. The Morgan fingerprint density at radius 1 is 0.643 bits per heavy atom. The van der Waals surface area contributed by atoms with E-state index in [1.54, 1.807) is 71.8 Å². The first-order valence-corrected chi connectivity index (χ1v) is 13.3. The van der Waals surface area contributed by atoms with E-state index in [2.05, 4.69) is 9.97 Å². The van der Waals surface area contributed by atoms with Crippen LogP contribution < -0.4 is 0 Å². The van der Waals surface area contributed by atoms with E-state index in [1.807, 2.05) is 12.1 Å². The van der Waals surface area contributed by atoms with Crippen LogP contribution in [0.25, 0.3) is 44.5 Å². The third-order valence-electron chi connectivity index (χ3n) is 7.42. The molecule has 0 saturated carbocycles. The van der Waals surface area contributed by atoms with Gasteiger partial charge in [-0.25, -0.2) is 13.8 Å². The van der Waals surface area contributed by atoms with Gasteiger partial charge < -0.3 is 0 Å². The topological polar surface area (TPSA) is 81.0 Å². The predicted molar refractivity (Wildman–Crippen MR) is 153 cm³/mol. The summed E-state index contributed by atoms with van der Waals surface area (Å²) in [6.07, 6.45) is 5.08. The molecule has 1 aliphatic rings. The second-order valence-electron chi connectivity index (χ2n) is 9.87. The summed E-state index contributed by atoms with van der Waals surface area (Å²) < 4.78 is 29.7. The first-order chi connectivity index (χ1) is 20.5. The van der Waals surface area contributed by atoms with Gasteiger partial charge >= 0.3 is 0 Å². The number of hydrogen-bond donors (Lipinski definition) is 0. The van der Waals surface area contributed by atoms with Gasteiger partial charge in [-0.1, -0.05) is 24.3 Å². The van der Waals surface area contributed by atoms with E-state index in [1.165, 1.54) is 29.2 Å². The van der Waals surface area contributed by atoms with Crippen molar-refractivity contribution in [2.45, 2.75) is 6.54 Å². The second kappa shape index (κ2) is 10.1. The molecule has 0 bridgehead atoms. The summed E-state index contributed by atoms with van der Waals surface area (Å²) in [6.45, 7) is 0.236. The lowest BCUT2D eigenvalue weighted by Crippen LogP contribution is -2.33. The summed E-state index contributed by atoms with van der Waals surface area (Å²) in [7, 11) is 0. The molecular formula is C33H21F2N5O2. The van der Waals surface area contributed by atoms with E-state index in [9.17, 15) is 18.4 Å². The molecule has 0 spiro atoms. The van der Waals surface area contributed by atoms with E-state index < -0.39 is 5.82 Å². The smallest absolute Gasteiger partial charge is 0.261 e. The lowest BCUT2D eigenvalue weighted by atomic mass is 9.92. The van der Waals surface area contributed by atoms with E-state index in [4.69, 9.17) is 5.10 Å². The van der Waals surface area contributed by atoms with Gasteiger partial charge in [0.15, 0.2) is 5.65 Å². The average molecular weight is 558 g/mol. The van der Waals surface area contributed by atoms with Crippen LogP contribution in [0.2, 0.25) is 0 Å². The molecule has 42 heavy (non-hydrogen) atoms. The molecule has 204 valence electrons. The van der Waals surface area contributed by atoms with Crippen LogP contribution in [-0.2, 0) is 6.54 Å². The first-order valence-electron chi connectivity index (χ1n) is 13.3. The lowest BCUT2D eigenvalue weighted by Gasteiger charge is -2.16. The van der Waals surface area contributed by atoms with Crippen molar-refractivity contribution in [3.05, 3.63) is 126 Å². The largest absolute Gasteiger partial charge is 0.272 e. The number of halogens is 2. The second-order valence-corrected chi connectivity index (χ2v) is 9.87. The molecule has 7 nitrogen and oxygen atoms in total. The molecule has 9 heteroatoms. The van der Waals surface area contributed by atoms with Crippen LogP contribution in [0.4, 0.5) is 8.78 Å². The maximum absolute atomic E-state index is 14.0. The van der Waals surface area contributed by atoms with Crippen molar-refractivity contribution in [1.82, 2.24) is 24.6 Å². The van der Waals surface area contributed by atoms with Gasteiger partial charge in [-0.05, 0) is 71.8 Å². The maximum Gasteiger partial charge on any atom is 0.261 e. The van der Waals surface area contributed by atoms with Gasteiger partial charge in [-0.15, -0.1) is 0 Å². The Labute approximate surface area is 238 Å². The fraction of sp³-hybridized carbons (Fsp3) is 0.0606. The summed E-state index contributed by atoms with van der Waals surface area (Å²) in [4.78, 5) is 36.1. The number of imide groups is 1. The fourth-order valence-electron chi connectivity index (χ4n) is 5.46. The lowest BCUT2D eigenvalue weighted by molar-refractivity contribution is 0.0648. The Balaban J connectivity index is 1.42. The first kappa shape index (κ1) is 25.4. The Morgan fingerprint density at radius 3 is 1.86 bits per heavy atom. The Kier molecular flexibility index (Phi) is 6.12. The van der Waals surface area contributed by atoms with Crippen molar-refractivity contribution in [2.75, 3.05) is 6.54 Å². The van der Waals surface area contributed by atoms with Crippen LogP contribution in [0, 0.1) is 11.6 Å². The van der Waals surface area contributed by atoms with Gasteiger partial charge in [0.25, 0.3) is 11.8 Å². The average Bonchev–Trinajstić information content (AvgIpc) is 3.51. The molecule has 1 aliphatic heterocycles. The Hall–Kier alpha value is -5.57. The highest BCUT2D eigenvalue weighted by atomic mass is 19.1. The molecule has 3 aromatic heterocycles. The zero-order valence-electron chi connectivity index (χ0n) is 22.0. The minimum absolute atomic E-state index is 0.0671. The summed E-state index contributed by atoms with van der Waals surface area (Å²) in [5.41, 5.74) is 5.57. The normalized spacial score (nSPS) is 12.8. The number of amides is 2. The van der Waals surface area contributed by atoms with E-state index in [-0.39, 0.29) is 30.7 Å². The fourth-order valence-corrected chi connectivity index (χ4v) is 5.46. The molecule has 3 aromatic carbocycles. The minimum Gasteiger partial charge on any atom is -0.272 e. The number of rotatable bonds is 6. The molecule has 4 heterocycles. The van der Waals surface area contributed by atoms with Gasteiger partial charge in [0, 0.05) is 41.8 Å². The van der Waals surface area contributed by atoms with Crippen molar-refractivity contribution in [3.63, 3.8) is 0 Å². The summed E-state index contributed by atoms with van der Waals surface area (Å²) in [5.74, 6) is -1.49. The molecule has 0 radical (unpaired) electrons. The predicted octanol–water partition coefficient (Wildman–Crippen LogP) is 6.40. The molecule has 0 unspecified atom stereocenters. The number of carbonyl (C=O) groups excluding carboxylic acids is 2. The number of carbonyl (C=O) groups is 2. The highest BCUT2D eigenvalue weighted by Crippen LogP contribution is 2.41. The summed E-state index contributed by atoms with van der Waals surface area (Å²) in [6, 6.07) is 22.6. The van der Waals surface area contributed by atoms with Gasteiger partial charge in [0.05, 0.1) is 28.8 Å². The molecular weight excluding hydrogens is 536 g/mol. The number of pyridine rings is 2. The van der Waals surface area contributed by atoms with Crippen LogP contribution in [0.15, 0.2) is 104 Å². The monoisotopic (exact) mass is 557 g/mol. The highest BCUT2D eigenvalue weighted by molar-refractivity contribution is 6.21. The quantitative estimate of drug-likeness (QED) is 0.221. The zero-order valence-corrected chi connectivity index (χ0v) is 22.0. The number of fused-ring (bicyclic) bond motifs is 2. The van der Waals surface area contributed by atoms with Crippen molar-refractivity contribution in [1.29, 1.82) is 0 Å². The Bertz CT molecular complexity index is 1950. The van der Waals surface area contributed by atoms with Crippen molar-refractivity contribution in [2.24, 2.45) is 0 Å². The van der Waals surface area contributed by atoms with E-state index >= 15 is 0 Å². The van der Waals surface area contributed by atoms with Gasteiger partial charge in [0.1, 0.15) is 11.6 Å². The van der Waals surface area contributed by atoms with Crippen LogP contribution in [0.3, 0.4) is 0 Å². The SMILES string of the molecule is O=C1c2ccccc2C(=O)N1CCn1nc2ncc(-c3ccncc3)c(-c3ccc(F)cc3)c2c1-c1ccc(F)cc1. The summed E-state index contributed by atoms with van der Waals surface area (Å²) >= 11 is 0. The zero-order chi connectivity index (χ0) is 28.8.